The molecule has 3 N–H and O–H groups in total. The molecule has 0 saturated heterocycles. The molecule has 0 saturated carbocycles. The van der Waals surface area contributed by atoms with Gasteiger partial charge in [0.15, 0.2) is 5.11 Å². The largest absolute Gasteiger partial charge is 0.331 e. The van der Waals surface area contributed by atoms with E-state index in [0.717, 1.165) is 40.2 Å². The summed E-state index contributed by atoms with van der Waals surface area (Å²) in [5.74, 6) is 0.661. The van der Waals surface area contributed by atoms with Crippen molar-refractivity contribution in [3.63, 3.8) is 0 Å². The number of para-hydroxylation sites is 1. The van der Waals surface area contributed by atoms with Crippen molar-refractivity contribution in [2.75, 3.05) is 5.32 Å². The molecule has 0 bridgehead atoms. The highest BCUT2D eigenvalue weighted by Crippen LogP contribution is 2.19. The van der Waals surface area contributed by atoms with Gasteiger partial charge in [-0.25, -0.2) is 4.98 Å². The van der Waals surface area contributed by atoms with Crippen LogP contribution in [0.5, 0.6) is 0 Å². The van der Waals surface area contributed by atoms with E-state index in [1.807, 2.05) is 45.0 Å². The van der Waals surface area contributed by atoms with Gasteiger partial charge in [-0.2, -0.15) is 0 Å². The highest BCUT2D eigenvalue weighted by molar-refractivity contribution is 7.80. The number of rotatable bonds is 3. The standard InChI is InChI=1S/C20H23N5OS/c1-5-25-14(4)21-16-11-15(9-10-17(16)25)19(26)23-24-20(27)22-18-12(2)7-6-8-13(18)3/h6-11H,5H2,1-4H3,(H,23,26)(H2,22,24,27). The number of carbonyl (C=O) groups excluding carboxylic acids is 1. The second-order valence-electron chi connectivity index (χ2n) is 6.41. The first-order valence-electron chi connectivity index (χ1n) is 8.81. The maximum Gasteiger partial charge on any atom is 0.269 e. The van der Waals surface area contributed by atoms with E-state index in [9.17, 15) is 4.79 Å². The zero-order valence-corrected chi connectivity index (χ0v) is 16.7. The summed E-state index contributed by atoms with van der Waals surface area (Å²) < 4.78 is 2.11. The van der Waals surface area contributed by atoms with Gasteiger partial charge in [-0.15, -0.1) is 0 Å². The monoisotopic (exact) mass is 381 g/mol. The minimum Gasteiger partial charge on any atom is -0.331 e. The molecule has 0 aliphatic carbocycles. The molecule has 140 valence electrons. The molecule has 2 aromatic carbocycles. The lowest BCUT2D eigenvalue weighted by molar-refractivity contribution is 0.0944. The van der Waals surface area contributed by atoms with E-state index >= 15 is 0 Å². The highest BCUT2D eigenvalue weighted by Gasteiger charge is 2.11. The van der Waals surface area contributed by atoms with Crippen molar-refractivity contribution < 1.29 is 4.79 Å². The van der Waals surface area contributed by atoms with Gasteiger partial charge in [0.25, 0.3) is 5.91 Å². The number of fused-ring (bicyclic) bond motifs is 1. The van der Waals surface area contributed by atoms with Gasteiger partial charge in [0.1, 0.15) is 5.82 Å². The number of aromatic nitrogens is 2. The van der Waals surface area contributed by atoms with Crippen molar-refractivity contribution in [3.8, 4) is 0 Å². The van der Waals surface area contributed by atoms with E-state index in [1.54, 1.807) is 12.1 Å². The number of benzene rings is 2. The molecule has 0 radical (unpaired) electrons. The van der Waals surface area contributed by atoms with Crippen LogP contribution >= 0.6 is 12.2 Å². The third kappa shape index (κ3) is 3.93. The smallest absolute Gasteiger partial charge is 0.269 e. The molecule has 1 heterocycles. The van der Waals surface area contributed by atoms with Crippen molar-refractivity contribution in [2.24, 2.45) is 0 Å². The molecule has 0 atom stereocenters. The molecule has 6 nitrogen and oxygen atoms in total. The lowest BCUT2D eigenvalue weighted by Crippen LogP contribution is -2.43. The maximum absolute atomic E-state index is 12.4. The van der Waals surface area contributed by atoms with Crippen LogP contribution in [-0.2, 0) is 6.54 Å². The second-order valence-corrected chi connectivity index (χ2v) is 6.82. The Hall–Kier alpha value is -2.93. The average molecular weight is 382 g/mol. The van der Waals surface area contributed by atoms with E-state index in [-0.39, 0.29) is 5.91 Å². The van der Waals surface area contributed by atoms with Crippen molar-refractivity contribution in [2.45, 2.75) is 34.2 Å². The van der Waals surface area contributed by atoms with Crippen LogP contribution in [-0.4, -0.2) is 20.6 Å². The fourth-order valence-electron chi connectivity index (χ4n) is 3.13. The Morgan fingerprint density at radius 1 is 1.11 bits per heavy atom. The predicted octanol–water partition coefficient (Wildman–Crippen LogP) is 3.61. The number of nitrogens with zero attached hydrogens (tertiary/aromatic N) is 2. The SMILES string of the molecule is CCn1c(C)nc2cc(C(=O)NNC(=S)Nc3c(C)cccc3C)ccc21. The van der Waals surface area contributed by atoms with Crippen LogP contribution in [0.25, 0.3) is 11.0 Å². The van der Waals surface area contributed by atoms with Crippen LogP contribution < -0.4 is 16.2 Å². The van der Waals surface area contributed by atoms with Crippen molar-refractivity contribution in [1.29, 1.82) is 0 Å². The first-order valence-corrected chi connectivity index (χ1v) is 9.22. The van der Waals surface area contributed by atoms with Crippen LogP contribution in [0.3, 0.4) is 0 Å². The molecule has 7 heteroatoms. The number of amides is 1. The first kappa shape index (κ1) is 18.8. The van der Waals surface area contributed by atoms with Crippen LogP contribution in [0.1, 0.15) is 34.2 Å². The molecule has 3 aromatic rings. The molecule has 1 amide bonds. The number of hydrogen-bond donors (Lipinski definition) is 3. The van der Waals surface area contributed by atoms with E-state index in [2.05, 4.69) is 32.6 Å². The Bertz CT molecular complexity index is 1000. The van der Waals surface area contributed by atoms with Crippen LogP contribution in [0.15, 0.2) is 36.4 Å². The summed E-state index contributed by atoms with van der Waals surface area (Å²) in [7, 11) is 0. The Morgan fingerprint density at radius 3 is 2.48 bits per heavy atom. The number of carbonyl (C=O) groups is 1. The minimum atomic E-state index is -0.272. The van der Waals surface area contributed by atoms with E-state index in [4.69, 9.17) is 12.2 Å². The molecular formula is C20H23N5OS. The Labute approximate surface area is 164 Å². The zero-order chi connectivity index (χ0) is 19.6. The number of aryl methyl sites for hydroxylation is 4. The lowest BCUT2D eigenvalue weighted by atomic mass is 10.1. The van der Waals surface area contributed by atoms with E-state index in [0.29, 0.717) is 10.7 Å². The molecule has 0 fully saturated rings. The minimum absolute atomic E-state index is 0.272. The summed E-state index contributed by atoms with van der Waals surface area (Å²) in [6.07, 6.45) is 0. The fraction of sp³-hybridized carbons (Fsp3) is 0.250. The molecule has 0 aliphatic rings. The number of nitrogens with one attached hydrogen (secondary N) is 3. The summed E-state index contributed by atoms with van der Waals surface area (Å²) in [6.45, 7) is 8.88. The molecule has 3 rings (SSSR count). The molecule has 0 unspecified atom stereocenters. The number of anilines is 1. The Balaban J connectivity index is 1.67. The highest BCUT2D eigenvalue weighted by atomic mass is 32.1. The van der Waals surface area contributed by atoms with E-state index in [1.165, 1.54) is 0 Å². The van der Waals surface area contributed by atoms with E-state index < -0.39 is 0 Å². The third-order valence-electron chi connectivity index (χ3n) is 4.53. The van der Waals surface area contributed by atoms with Gasteiger partial charge in [0.05, 0.1) is 11.0 Å². The summed E-state index contributed by atoms with van der Waals surface area (Å²) in [4.78, 5) is 17.0. The first-order chi connectivity index (χ1) is 12.9. The third-order valence-corrected chi connectivity index (χ3v) is 4.73. The van der Waals surface area contributed by atoms with Crippen molar-refractivity contribution in [3.05, 3.63) is 58.9 Å². The van der Waals surface area contributed by atoms with Gasteiger partial charge in [0.2, 0.25) is 0 Å². The van der Waals surface area contributed by atoms with Crippen LogP contribution in [0.4, 0.5) is 5.69 Å². The summed E-state index contributed by atoms with van der Waals surface area (Å²) in [5.41, 5.74) is 10.8. The predicted molar refractivity (Wildman–Crippen MR) is 113 cm³/mol. The molecular weight excluding hydrogens is 358 g/mol. The Kier molecular flexibility index (Phi) is 5.41. The second kappa shape index (κ2) is 7.75. The summed E-state index contributed by atoms with van der Waals surface area (Å²) >= 11 is 5.28. The Morgan fingerprint density at radius 2 is 1.81 bits per heavy atom. The average Bonchev–Trinajstić information content (AvgIpc) is 2.96. The normalized spacial score (nSPS) is 10.7. The fourth-order valence-corrected chi connectivity index (χ4v) is 3.29. The van der Waals surface area contributed by atoms with Gasteiger partial charge in [-0.1, -0.05) is 18.2 Å². The number of imidazole rings is 1. The zero-order valence-electron chi connectivity index (χ0n) is 15.9. The van der Waals surface area contributed by atoms with Gasteiger partial charge >= 0.3 is 0 Å². The molecule has 0 spiro atoms. The van der Waals surface area contributed by atoms with Gasteiger partial charge in [-0.05, 0) is 69.2 Å². The molecule has 0 aliphatic heterocycles. The van der Waals surface area contributed by atoms with Gasteiger partial charge in [-0.3, -0.25) is 15.6 Å². The number of thiocarbonyl (C=S) groups is 1. The topological polar surface area (TPSA) is 71.0 Å². The van der Waals surface area contributed by atoms with Gasteiger partial charge in [0, 0.05) is 17.8 Å². The summed E-state index contributed by atoms with van der Waals surface area (Å²) in [6, 6.07) is 11.5. The molecule has 27 heavy (non-hydrogen) atoms. The van der Waals surface area contributed by atoms with Crippen molar-refractivity contribution >= 4 is 40.0 Å². The van der Waals surface area contributed by atoms with Crippen molar-refractivity contribution in [1.82, 2.24) is 20.4 Å². The molecule has 1 aromatic heterocycles. The lowest BCUT2D eigenvalue weighted by Gasteiger charge is -2.15. The maximum atomic E-state index is 12.4. The number of hydrogen-bond acceptors (Lipinski definition) is 3. The van der Waals surface area contributed by atoms with Crippen LogP contribution in [0.2, 0.25) is 0 Å². The number of hydrazine groups is 1. The van der Waals surface area contributed by atoms with Crippen LogP contribution in [0, 0.1) is 20.8 Å². The van der Waals surface area contributed by atoms with Gasteiger partial charge < -0.3 is 9.88 Å². The summed E-state index contributed by atoms with van der Waals surface area (Å²) in [5, 5.41) is 3.45. The quantitative estimate of drug-likeness (QED) is 0.478.